The zero-order valence-corrected chi connectivity index (χ0v) is 14.8. The largest absolute Gasteiger partial charge is 0.294 e. The molecular formula is C19H20FNO3S. The van der Waals surface area contributed by atoms with Crippen LogP contribution in [0.1, 0.15) is 23.2 Å². The van der Waals surface area contributed by atoms with E-state index in [-0.39, 0.29) is 17.9 Å². The molecule has 1 fully saturated rings. The highest BCUT2D eigenvalue weighted by Gasteiger charge is 2.30. The normalized spacial score (nSPS) is 18.9. The Morgan fingerprint density at radius 1 is 1.16 bits per heavy atom. The molecule has 1 heterocycles. The molecule has 3 rings (SSSR count). The number of carbonyl (C=O) groups is 1. The van der Waals surface area contributed by atoms with Crippen molar-refractivity contribution in [1.82, 2.24) is 4.31 Å². The van der Waals surface area contributed by atoms with Gasteiger partial charge in [-0.25, -0.2) is 17.1 Å². The zero-order chi connectivity index (χ0) is 18.0. The standard InChI is InChI=1S/C19H20FNO3S/c1-25(23,24)21-11-5-8-16(13-21)19(22)15-9-10-17(18(20)12-15)14-6-3-2-4-7-14/h2-4,6-7,9-10,12,16H,5,8,11,13H2,1H3/t16-/m1/s1. The Balaban J connectivity index is 1.82. The van der Waals surface area contributed by atoms with E-state index in [0.29, 0.717) is 24.9 Å². The summed E-state index contributed by atoms with van der Waals surface area (Å²) in [6.45, 7) is 0.601. The SMILES string of the molecule is CS(=O)(=O)N1CCC[C@@H](C(=O)c2ccc(-c3ccccc3)c(F)c2)C1. The van der Waals surface area contributed by atoms with Crippen LogP contribution in [0, 0.1) is 11.7 Å². The Hall–Kier alpha value is -2.05. The molecule has 0 unspecified atom stereocenters. The molecule has 0 radical (unpaired) electrons. The van der Waals surface area contributed by atoms with Gasteiger partial charge in [0.15, 0.2) is 5.78 Å². The van der Waals surface area contributed by atoms with Gasteiger partial charge >= 0.3 is 0 Å². The van der Waals surface area contributed by atoms with Gasteiger partial charge in [-0.1, -0.05) is 42.5 Å². The molecule has 1 aliphatic heterocycles. The molecule has 0 spiro atoms. The first-order valence-electron chi connectivity index (χ1n) is 8.20. The summed E-state index contributed by atoms with van der Waals surface area (Å²) < 4.78 is 39.2. The van der Waals surface area contributed by atoms with Crippen molar-refractivity contribution in [1.29, 1.82) is 0 Å². The van der Waals surface area contributed by atoms with Gasteiger partial charge < -0.3 is 0 Å². The monoisotopic (exact) mass is 361 g/mol. The Morgan fingerprint density at radius 3 is 2.52 bits per heavy atom. The number of Topliss-reactive ketones (excluding diaryl/α,β-unsaturated/α-hetero) is 1. The maximum atomic E-state index is 14.5. The molecular weight excluding hydrogens is 341 g/mol. The number of rotatable bonds is 4. The first kappa shape index (κ1) is 17.8. The molecule has 1 saturated heterocycles. The lowest BCUT2D eigenvalue weighted by molar-refractivity contribution is 0.0872. The van der Waals surface area contributed by atoms with E-state index in [2.05, 4.69) is 0 Å². The van der Waals surface area contributed by atoms with Crippen molar-refractivity contribution in [2.75, 3.05) is 19.3 Å². The number of hydrogen-bond acceptors (Lipinski definition) is 3. The average Bonchev–Trinajstić information content (AvgIpc) is 2.61. The van der Waals surface area contributed by atoms with Crippen LogP contribution in [0.25, 0.3) is 11.1 Å². The summed E-state index contributed by atoms with van der Waals surface area (Å²) in [7, 11) is -3.32. The Bertz CT molecular complexity index is 881. The fourth-order valence-electron chi connectivity index (χ4n) is 3.21. The molecule has 0 aliphatic carbocycles. The summed E-state index contributed by atoms with van der Waals surface area (Å²) >= 11 is 0. The minimum Gasteiger partial charge on any atom is -0.294 e. The van der Waals surface area contributed by atoms with E-state index in [1.165, 1.54) is 10.4 Å². The van der Waals surface area contributed by atoms with Crippen molar-refractivity contribution in [3.8, 4) is 11.1 Å². The number of halogens is 1. The minimum absolute atomic E-state index is 0.166. The lowest BCUT2D eigenvalue weighted by Gasteiger charge is -2.30. The fourth-order valence-corrected chi connectivity index (χ4v) is 4.13. The second kappa shape index (κ2) is 7.06. The Labute approximate surface area is 147 Å². The molecule has 0 amide bonds. The van der Waals surface area contributed by atoms with E-state index < -0.39 is 21.8 Å². The summed E-state index contributed by atoms with van der Waals surface area (Å²) in [5, 5.41) is 0. The quantitative estimate of drug-likeness (QED) is 0.785. The number of nitrogens with zero attached hydrogens (tertiary/aromatic N) is 1. The molecule has 0 saturated carbocycles. The molecule has 2 aromatic rings. The molecule has 4 nitrogen and oxygen atoms in total. The number of benzene rings is 2. The molecule has 0 N–H and O–H groups in total. The Kier molecular flexibility index (Phi) is 5.01. The van der Waals surface area contributed by atoms with Gasteiger partial charge in [0.05, 0.1) is 6.26 Å². The number of hydrogen-bond donors (Lipinski definition) is 0. The maximum absolute atomic E-state index is 14.5. The third kappa shape index (κ3) is 3.96. The maximum Gasteiger partial charge on any atom is 0.211 e. The van der Waals surface area contributed by atoms with Crippen LogP contribution in [0.5, 0.6) is 0 Å². The van der Waals surface area contributed by atoms with Crippen molar-refractivity contribution in [3.63, 3.8) is 0 Å². The summed E-state index contributed by atoms with van der Waals surface area (Å²) in [4.78, 5) is 12.7. The molecule has 2 aromatic carbocycles. The Morgan fingerprint density at radius 2 is 1.88 bits per heavy atom. The van der Waals surface area contributed by atoms with Gasteiger partial charge in [-0.3, -0.25) is 4.79 Å². The van der Waals surface area contributed by atoms with Crippen molar-refractivity contribution >= 4 is 15.8 Å². The number of piperidine rings is 1. The topological polar surface area (TPSA) is 54.5 Å². The van der Waals surface area contributed by atoms with Gasteiger partial charge in [-0.2, -0.15) is 0 Å². The number of ketones is 1. The molecule has 6 heteroatoms. The summed E-state index contributed by atoms with van der Waals surface area (Å²) in [5.74, 6) is -1.08. The van der Waals surface area contributed by atoms with E-state index in [9.17, 15) is 17.6 Å². The summed E-state index contributed by atoms with van der Waals surface area (Å²) in [6, 6.07) is 13.6. The second-order valence-electron chi connectivity index (χ2n) is 6.39. The predicted octanol–water partition coefficient (Wildman–Crippen LogP) is 3.35. The minimum atomic E-state index is -3.32. The van der Waals surface area contributed by atoms with Crippen molar-refractivity contribution < 1.29 is 17.6 Å². The first-order chi connectivity index (χ1) is 11.9. The van der Waals surface area contributed by atoms with Gasteiger partial charge in [0.1, 0.15) is 5.82 Å². The molecule has 1 aliphatic rings. The lowest BCUT2D eigenvalue weighted by Crippen LogP contribution is -2.41. The number of sulfonamides is 1. The van der Waals surface area contributed by atoms with E-state index in [4.69, 9.17) is 0 Å². The van der Waals surface area contributed by atoms with Gasteiger partial charge in [-0.15, -0.1) is 0 Å². The third-order valence-corrected chi connectivity index (χ3v) is 5.83. The van der Waals surface area contributed by atoms with Gasteiger partial charge in [0.2, 0.25) is 10.0 Å². The summed E-state index contributed by atoms with van der Waals surface area (Å²) in [6.07, 6.45) is 2.40. The zero-order valence-electron chi connectivity index (χ0n) is 14.0. The van der Waals surface area contributed by atoms with Gasteiger partial charge in [0.25, 0.3) is 0 Å². The fraction of sp³-hybridized carbons (Fsp3) is 0.316. The van der Waals surface area contributed by atoms with Crippen LogP contribution >= 0.6 is 0 Å². The molecule has 1 atom stereocenters. The van der Waals surface area contributed by atoms with E-state index in [1.807, 2.05) is 30.3 Å². The van der Waals surface area contributed by atoms with Crippen LogP contribution in [0.4, 0.5) is 4.39 Å². The highest BCUT2D eigenvalue weighted by molar-refractivity contribution is 7.88. The van der Waals surface area contributed by atoms with Gasteiger partial charge in [-0.05, 0) is 24.5 Å². The van der Waals surface area contributed by atoms with Crippen LogP contribution in [0.3, 0.4) is 0 Å². The van der Waals surface area contributed by atoms with Crippen molar-refractivity contribution in [3.05, 3.63) is 59.9 Å². The molecule has 0 aromatic heterocycles. The lowest BCUT2D eigenvalue weighted by atomic mass is 9.90. The predicted molar refractivity (Wildman–Crippen MR) is 95.3 cm³/mol. The second-order valence-corrected chi connectivity index (χ2v) is 8.37. The van der Waals surface area contributed by atoms with Crippen molar-refractivity contribution in [2.24, 2.45) is 5.92 Å². The van der Waals surface area contributed by atoms with E-state index in [0.717, 1.165) is 11.8 Å². The van der Waals surface area contributed by atoms with Crippen molar-refractivity contribution in [2.45, 2.75) is 12.8 Å². The van der Waals surface area contributed by atoms with E-state index in [1.54, 1.807) is 12.1 Å². The smallest absolute Gasteiger partial charge is 0.211 e. The summed E-state index contributed by atoms with van der Waals surface area (Å²) in [5.41, 5.74) is 1.48. The van der Waals surface area contributed by atoms with Crippen LogP contribution in [-0.4, -0.2) is 37.9 Å². The molecule has 132 valence electrons. The molecule has 25 heavy (non-hydrogen) atoms. The van der Waals surface area contributed by atoms with Crippen LogP contribution in [0.2, 0.25) is 0 Å². The average molecular weight is 361 g/mol. The first-order valence-corrected chi connectivity index (χ1v) is 10.1. The third-order valence-electron chi connectivity index (χ3n) is 4.56. The highest BCUT2D eigenvalue weighted by Crippen LogP contribution is 2.27. The van der Waals surface area contributed by atoms with Gasteiger partial charge in [0, 0.05) is 30.1 Å². The van der Waals surface area contributed by atoms with Crippen LogP contribution in [-0.2, 0) is 10.0 Å². The van der Waals surface area contributed by atoms with Crippen LogP contribution in [0.15, 0.2) is 48.5 Å². The van der Waals surface area contributed by atoms with E-state index >= 15 is 0 Å². The molecule has 0 bridgehead atoms. The van der Waals surface area contributed by atoms with Crippen LogP contribution < -0.4 is 0 Å². The highest BCUT2D eigenvalue weighted by atomic mass is 32.2. The number of carbonyl (C=O) groups excluding carboxylic acids is 1.